The fourth-order valence-corrected chi connectivity index (χ4v) is 9.19. The summed E-state index contributed by atoms with van der Waals surface area (Å²) in [4.78, 5) is 34.8. The van der Waals surface area contributed by atoms with Crippen LogP contribution in [0.25, 0.3) is 99.2 Å². The molecule has 0 bridgehead atoms. The Bertz CT molecular complexity index is 3940. The lowest BCUT2D eigenvalue weighted by Gasteiger charge is -2.12. The fraction of sp³-hybridized carbons (Fsp3) is 0.0714. The van der Waals surface area contributed by atoms with Gasteiger partial charge in [0.1, 0.15) is 0 Å². The van der Waals surface area contributed by atoms with Crippen molar-refractivity contribution >= 4 is 94.7 Å². The topological polar surface area (TPSA) is 182 Å². The number of nitrogens with two attached hydrogens (primary N) is 2. The van der Waals surface area contributed by atoms with E-state index in [9.17, 15) is 0 Å². The highest BCUT2D eigenvalue weighted by Crippen LogP contribution is 2.35. The minimum Gasteiger partial charge on any atom is -0.399 e. The highest BCUT2D eigenvalue weighted by molar-refractivity contribution is 6.31. The summed E-state index contributed by atoms with van der Waals surface area (Å²) in [5, 5.41) is 7.70. The Hall–Kier alpha value is -9.27. The molecule has 0 aliphatic carbocycles. The first-order chi connectivity index (χ1) is 34.6. The summed E-state index contributed by atoms with van der Waals surface area (Å²) in [6, 6.07) is 37.3. The van der Waals surface area contributed by atoms with E-state index in [1.54, 1.807) is 49.6 Å². The van der Waals surface area contributed by atoms with E-state index in [0.717, 1.165) is 77.7 Å². The van der Waals surface area contributed by atoms with Crippen molar-refractivity contribution in [2.45, 2.75) is 6.54 Å². The summed E-state index contributed by atoms with van der Waals surface area (Å²) in [6.07, 6.45) is 19.9. The third-order valence-electron chi connectivity index (χ3n) is 12.5. The standard InChI is InChI=1S/C22H19N7.C17H12ClN3.C17H14N4/c1-29-7-4-16-8-15(2-3-20(16)29)18-9-17(10-19-21(18)25-6-5-24-19)26-11-14-12-27-22(23)28-13-14;2*1-21-7-4-12-8-11(2-3-16(12)21)14-9-13(18)10-15-17(14)20-6-5-19-15/h2-10,12-13,26H,11H2,1H3,(H2,23,27,28);2-10H,1H3;2-10H,18H2,1H3. The number of nitrogens with zero attached hydrogens (tertiary/aromatic N) is 11. The van der Waals surface area contributed by atoms with Crippen LogP contribution in [0.1, 0.15) is 5.56 Å². The van der Waals surface area contributed by atoms with Crippen LogP contribution in [-0.4, -0.2) is 53.6 Å². The average molecular weight is 950 g/mol. The molecule has 0 aliphatic rings. The van der Waals surface area contributed by atoms with Gasteiger partial charge in [-0.3, -0.25) is 29.9 Å². The Morgan fingerprint density at radius 1 is 0.451 bits per heavy atom. The summed E-state index contributed by atoms with van der Waals surface area (Å²) in [7, 11) is 6.14. The Kier molecular flexibility index (Phi) is 11.6. The van der Waals surface area contributed by atoms with Crippen LogP contribution in [0.15, 0.2) is 177 Å². The summed E-state index contributed by atoms with van der Waals surface area (Å²) < 4.78 is 6.33. The largest absolute Gasteiger partial charge is 0.399 e. The number of aryl methyl sites for hydroxylation is 3. The van der Waals surface area contributed by atoms with Crippen LogP contribution in [-0.2, 0) is 27.7 Å². The number of fused-ring (bicyclic) bond motifs is 6. The first-order valence-electron chi connectivity index (χ1n) is 22.7. The lowest BCUT2D eigenvalue weighted by atomic mass is 10.0. The lowest BCUT2D eigenvalue weighted by molar-refractivity contribution is 0.969. The SMILES string of the molecule is Cn1ccc2cc(-c3cc(Cl)cc4nccnc34)ccc21.Cn1ccc2cc(-c3cc(N)cc4nccnc34)ccc21.Cn1ccc2cc(-c3cc(NCc4cnc(N)nc4)cc4nccnc34)ccc21. The molecule has 15 heteroatoms. The number of anilines is 3. The van der Waals surface area contributed by atoms with Crippen molar-refractivity contribution in [2.75, 3.05) is 16.8 Å². The van der Waals surface area contributed by atoms with Gasteiger partial charge >= 0.3 is 0 Å². The number of benzene rings is 6. The smallest absolute Gasteiger partial charge is 0.219 e. The van der Waals surface area contributed by atoms with Gasteiger partial charge in [0.15, 0.2) is 0 Å². The lowest BCUT2D eigenvalue weighted by Crippen LogP contribution is -2.03. The van der Waals surface area contributed by atoms with Crippen LogP contribution in [0.3, 0.4) is 0 Å². The molecule has 0 radical (unpaired) electrons. The molecule has 14 nitrogen and oxygen atoms in total. The number of nitrogen functional groups attached to an aromatic ring is 2. The molecule has 5 N–H and O–H groups in total. The van der Waals surface area contributed by atoms with Gasteiger partial charge in [0.25, 0.3) is 0 Å². The van der Waals surface area contributed by atoms with Gasteiger partial charge in [-0.15, -0.1) is 0 Å². The van der Waals surface area contributed by atoms with Crippen molar-refractivity contribution in [3.05, 3.63) is 188 Å². The molecule has 346 valence electrons. The van der Waals surface area contributed by atoms with Gasteiger partial charge < -0.3 is 30.5 Å². The van der Waals surface area contributed by atoms with Gasteiger partial charge in [-0.2, -0.15) is 0 Å². The van der Waals surface area contributed by atoms with E-state index < -0.39 is 0 Å². The molecule has 0 unspecified atom stereocenters. The van der Waals surface area contributed by atoms with Gasteiger partial charge in [0, 0.05) is 167 Å². The fourth-order valence-electron chi connectivity index (χ4n) is 8.98. The zero-order valence-electron chi connectivity index (χ0n) is 38.9. The van der Waals surface area contributed by atoms with Gasteiger partial charge in [0.2, 0.25) is 5.95 Å². The second-order valence-corrected chi connectivity index (χ2v) is 17.7. The summed E-state index contributed by atoms with van der Waals surface area (Å²) in [5.74, 6) is 0.272. The van der Waals surface area contributed by atoms with Gasteiger partial charge in [-0.25, -0.2) is 9.97 Å². The molecule has 7 aromatic heterocycles. The second kappa shape index (κ2) is 18.7. The summed E-state index contributed by atoms with van der Waals surface area (Å²) in [6.45, 7) is 0.587. The van der Waals surface area contributed by atoms with E-state index in [1.165, 1.54) is 32.7 Å². The van der Waals surface area contributed by atoms with Crippen molar-refractivity contribution in [1.29, 1.82) is 0 Å². The third kappa shape index (κ3) is 8.98. The van der Waals surface area contributed by atoms with Crippen LogP contribution in [0.2, 0.25) is 5.02 Å². The highest BCUT2D eigenvalue weighted by atomic mass is 35.5. The molecule has 0 saturated heterocycles. The molecule has 0 amide bonds. The Labute approximate surface area is 412 Å². The van der Waals surface area contributed by atoms with Crippen molar-refractivity contribution in [1.82, 2.24) is 53.6 Å². The van der Waals surface area contributed by atoms with E-state index >= 15 is 0 Å². The van der Waals surface area contributed by atoms with Crippen LogP contribution in [0.5, 0.6) is 0 Å². The molecule has 0 saturated carbocycles. The van der Waals surface area contributed by atoms with Gasteiger partial charge in [0.05, 0.1) is 33.1 Å². The first-order valence-corrected chi connectivity index (χ1v) is 23.1. The third-order valence-corrected chi connectivity index (χ3v) is 12.7. The molecule has 7 heterocycles. The quantitative estimate of drug-likeness (QED) is 0.135. The molecule has 6 aromatic carbocycles. The van der Waals surface area contributed by atoms with E-state index in [0.29, 0.717) is 17.3 Å². The molecule has 13 rings (SSSR count). The van der Waals surface area contributed by atoms with Gasteiger partial charge in [-0.1, -0.05) is 29.8 Å². The Balaban J connectivity index is 0.000000118. The minimum atomic E-state index is 0.272. The Morgan fingerprint density at radius 3 is 1.37 bits per heavy atom. The molecular weight excluding hydrogens is 904 g/mol. The molecule has 13 aromatic rings. The molecule has 0 fully saturated rings. The van der Waals surface area contributed by atoms with E-state index in [1.807, 2.05) is 51.5 Å². The zero-order chi connectivity index (χ0) is 48.6. The average Bonchev–Trinajstić information content (AvgIpc) is 4.09. The zero-order valence-corrected chi connectivity index (χ0v) is 39.7. The maximum absolute atomic E-state index is 6.22. The van der Waals surface area contributed by atoms with Crippen LogP contribution in [0.4, 0.5) is 17.3 Å². The summed E-state index contributed by atoms with van der Waals surface area (Å²) >= 11 is 6.22. The van der Waals surface area contributed by atoms with E-state index in [2.05, 4.69) is 156 Å². The molecular formula is C56H45ClN14. The number of aromatic nitrogens is 11. The molecule has 0 spiro atoms. The minimum absolute atomic E-state index is 0.272. The molecule has 0 aliphatic heterocycles. The van der Waals surface area contributed by atoms with Crippen molar-refractivity contribution in [3.63, 3.8) is 0 Å². The summed E-state index contributed by atoms with van der Waals surface area (Å²) in [5.41, 5.74) is 29.3. The van der Waals surface area contributed by atoms with E-state index in [-0.39, 0.29) is 5.95 Å². The number of halogens is 1. The number of nitrogens with one attached hydrogen (secondary N) is 1. The van der Waals surface area contributed by atoms with Crippen molar-refractivity contribution in [2.24, 2.45) is 21.1 Å². The van der Waals surface area contributed by atoms with Crippen LogP contribution < -0.4 is 16.8 Å². The number of hydrogen-bond acceptors (Lipinski definition) is 11. The second-order valence-electron chi connectivity index (χ2n) is 17.2. The maximum atomic E-state index is 6.22. The highest BCUT2D eigenvalue weighted by Gasteiger charge is 2.13. The predicted molar refractivity (Wildman–Crippen MR) is 288 cm³/mol. The van der Waals surface area contributed by atoms with Gasteiger partial charge in [-0.05, 0) is 108 Å². The van der Waals surface area contributed by atoms with Crippen LogP contribution >= 0.6 is 11.6 Å². The molecule has 71 heavy (non-hydrogen) atoms. The Morgan fingerprint density at radius 2 is 0.873 bits per heavy atom. The van der Waals surface area contributed by atoms with E-state index in [4.69, 9.17) is 23.1 Å². The number of rotatable bonds is 6. The van der Waals surface area contributed by atoms with Crippen molar-refractivity contribution < 1.29 is 0 Å². The van der Waals surface area contributed by atoms with Crippen molar-refractivity contribution in [3.8, 4) is 33.4 Å². The first kappa shape index (κ1) is 44.2. The maximum Gasteiger partial charge on any atom is 0.219 e. The monoisotopic (exact) mass is 948 g/mol. The predicted octanol–water partition coefficient (Wildman–Crippen LogP) is 11.6. The number of hydrogen-bond donors (Lipinski definition) is 3. The normalized spacial score (nSPS) is 11.3. The van der Waals surface area contributed by atoms with Crippen LogP contribution in [0, 0.1) is 0 Å². The molecule has 0 atom stereocenters.